The highest BCUT2D eigenvalue weighted by Gasteiger charge is 1.94. The number of carbonyl (C=O) groups excluding carboxylic acids is 1. The number of rotatable bonds is 3. The van der Waals surface area contributed by atoms with Gasteiger partial charge in [-0.15, -0.1) is 11.3 Å². The van der Waals surface area contributed by atoms with Crippen molar-refractivity contribution in [1.82, 2.24) is 0 Å². The summed E-state index contributed by atoms with van der Waals surface area (Å²) in [6, 6.07) is 5.86. The van der Waals surface area contributed by atoms with Gasteiger partial charge in [0.2, 0.25) is 0 Å². The molecule has 1 nitrogen and oxygen atoms in total. The van der Waals surface area contributed by atoms with E-state index in [-0.39, 0.29) is 0 Å². The maximum absolute atomic E-state index is 10.4. The molecule has 2 aromatic heterocycles. The SMILES string of the molecule is O=Cc1ccc(/C=C/c2ccsc2)s1. The Morgan fingerprint density at radius 1 is 1.07 bits per heavy atom. The molecule has 0 saturated heterocycles. The quantitative estimate of drug-likeness (QED) is 0.719. The fraction of sp³-hybridized carbons (Fsp3) is 0. The largest absolute Gasteiger partial charge is 0.297 e. The molecule has 14 heavy (non-hydrogen) atoms. The van der Waals surface area contributed by atoms with Gasteiger partial charge in [-0.2, -0.15) is 11.3 Å². The Hall–Kier alpha value is -1.19. The van der Waals surface area contributed by atoms with Gasteiger partial charge in [0.15, 0.2) is 6.29 Å². The summed E-state index contributed by atoms with van der Waals surface area (Å²) in [5.41, 5.74) is 1.20. The molecule has 0 aliphatic heterocycles. The van der Waals surface area contributed by atoms with E-state index in [4.69, 9.17) is 0 Å². The van der Waals surface area contributed by atoms with Gasteiger partial charge in [-0.3, -0.25) is 4.79 Å². The third-order valence-electron chi connectivity index (χ3n) is 1.75. The third kappa shape index (κ3) is 2.19. The summed E-state index contributed by atoms with van der Waals surface area (Å²) in [5.74, 6) is 0. The molecule has 0 spiro atoms. The monoisotopic (exact) mass is 220 g/mol. The third-order valence-corrected chi connectivity index (χ3v) is 3.42. The molecular formula is C11H8OS2. The van der Waals surface area contributed by atoms with Crippen molar-refractivity contribution in [1.29, 1.82) is 0 Å². The van der Waals surface area contributed by atoms with Crippen LogP contribution in [0.15, 0.2) is 29.0 Å². The second-order valence-electron chi connectivity index (χ2n) is 2.75. The lowest BCUT2D eigenvalue weighted by Crippen LogP contribution is -1.62. The molecule has 2 heterocycles. The maximum atomic E-state index is 10.4. The summed E-state index contributed by atoms with van der Waals surface area (Å²) in [6.07, 6.45) is 4.96. The van der Waals surface area contributed by atoms with Crippen LogP contribution >= 0.6 is 22.7 Å². The number of aldehydes is 1. The highest BCUT2D eigenvalue weighted by atomic mass is 32.1. The lowest BCUT2D eigenvalue weighted by Gasteiger charge is -1.83. The molecule has 3 heteroatoms. The standard InChI is InChI=1S/C11H8OS2/c12-7-11-4-3-10(14-11)2-1-9-5-6-13-8-9/h1-8H/b2-1+. The summed E-state index contributed by atoms with van der Waals surface area (Å²) in [7, 11) is 0. The zero-order valence-electron chi connectivity index (χ0n) is 7.34. The molecule has 2 aromatic rings. The van der Waals surface area contributed by atoms with Crippen LogP contribution in [0.25, 0.3) is 12.2 Å². The van der Waals surface area contributed by atoms with Crippen LogP contribution in [0.5, 0.6) is 0 Å². The first kappa shape index (κ1) is 9.37. The summed E-state index contributed by atoms with van der Waals surface area (Å²) < 4.78 is 0. The van der Waals surface area contributed by atoms with Crippen LogP contribution in [0.3, 0.4) is 0 Å². The highest BCUT2D eigenvalue weighted by Crippen LogP contribution is 2.18. The average molecular weight is 220 g/mol. The van der Waals surface area contributed by atoms with Crippen LogP contribution < -0.4 is 0 Å². The van der Waals surface area contributed by atoms with E-state index in [9.17, 15) is 4.79 Å². The van der Waals surface area contributed by atoms with E-state index in [0.29, 0.717) is 0 Å². The van der Waals surface area contributed by atoms with Crippen molar-refractivity contribution in [3.63, 3.8) is 0 Å². The van der Waals surface area contributed by atoms with Gasteiger partial charge in [0.25, 0.3) is 0 Å². The molecule has 0 aliphatic carbocycles. The molecule has 2 rings (SSSR count). The van der Waals surface area contributed by atoms with Crippen LogP contribution in [-0.2, 0) is 0 Å². The Labute approximate surface area is 90.3 Å². The molecular weight excluding hydrogens is 212 g/mol. The predicted molar refractivity (Wildman–Crippen MR) is 63.0 cm³/mol. The van der Waals surface area contributed by atoms with Gasteiger partial charge < -0.3 is 0 Å². The zero-order chi connectivity index (χ0) is 9.80. The Balaban J connectivity index is 2.14. The van der Waals surface area contributed by atoms with Crippen molar-refractivity contribution >= 4 is 41.1 Å². The van der Waals surface area contributed by atoms with Gasteiger partial charge in [-0.25, -0.2) is 0 Å². The van der Waals surface area contributed by atoms with E-state index in [0.717, 1.165) is 16.0 Å². The summed E-state index contributed by atoms with van der Waals surface area (Å²) in [4.78, 5) is 12.3. The van der Waals surface area contributed by atoms with Crippen molar-refractivity contribution in [2.45, 2.75) is 0 Å². The maximum Gasteiger partial charge on any atom is 0.160 e. The minimum Gasteiger partial charge on any atom is -0.297 e. The van der Waals surface area contributed by atoms with E-state index < -0.39 is 0 Å². The van der Waals surface area contributed by atoms with Crippen LogP contribution in [0.4, 0.5) is 0 Å². The molecule has 0 unspecified atom stereocenters. The molecule has 0 fully saturated rings. The fourth-order valence-corrected chi connectivity index (χ4v) is 2.43. The molecule has 0 aromatic carbocycles. The fourth-order valence-electron chi connectivity index (χ4n) is 1.07. The molecule has 0 aliphatic rings. The normalized spacial score (nSPS) is 10.9. The Kier molecular flexibility index (Phi) is 2.91. The summed E-state index contributed by atoms with van der Waals surface area (Å²) >= 11 is 3.18. The second-order valence-corrected chi connectivity index (χ2v) is 4.67. The lowest BCUT2D eigenvalue weighted by atomic mass is 10.3. The first-order valence-electron chi connectivity index (χ1n) is 4.14. The van der Waals surface area contributed by atoms with E-state index in [1.807, 2.05) is 23.6 Å². The van der Waals surface area contributed by atoms with E-state index in [1.165, 1.54) is 16.9 Å². The minimum absolute atomic E-state index is 0.773. The molecule has 0 N–H and O–H groups in total. The van der Waals surface area contributed by atoms with Crippen molar-refractivity contribution < 1.29 is 4.79 Å². The second kappa shape index (κ2) is 4.35. The summed E-state index contributed by atoms with van der Waals surface area (Å²) in [6.45, 7) is 0. The van der Waals surface area contributed by atoms with Crippen LogP contribution in [0.2, 0.25) is 0 Å². The zero-order valence-corrected chi connectivity index (χ0v) is 8.98. The summed E-state index contributed by atoms with van der Waals surface area (Å²) in [5, 5.41) is 4.13. The van der Waals surface area contributed by atoms with Gasteiger partial charge in [0.05, 0.1) is 4.88 Å². The van der Waals surface area contributed by atoms with E-state index >= 15 is 0 Å². The van der Waals surface area contributed by atoms with Crippen molar-refractivity contribution in [3.05, 3.63) is 44.3 Å². The van der Waals surface area contributed by atoms with Crippen molar-refractivity contribution in [3.8, 4) is 0 Å². The van der Waals surface area contributed by atoms with E-state index in [2.05, 4.69) is 17.5 Å². The molecule has 0 saturated carbocycles. The first-order chi connectivity index (χ1) is 6.88. The molecule has 0 radical (unpaired) electrons. The number of hydrogen-bond acceptors (Lipinski definition) is 3. The number of carbonyl (C=O) groups is 1. The Bertz CT molecular complexity index is 438. The molecule has 0 atom stereocenters. The Morgan fingerprint density at radius 2 is 1.93 bits per heavy atom. The van der Waals surface area contributed by atoms with Crippen LogP contribution in [0, 0.1) is 0 Å². The van der Waals surface area contributed by atoms with Crippen LogP contribution in [0.1, 0.15) is 20.1 Å². The molecule has 0 bridgehead atoms. The highest BCUT2D eigenvalue weighted by molar-refractivity contribution is 7.14. The van der Waals surface area contributed by atoms with Gasteiger partial charge in [0, 0.05) is 4.88 Å². The van der Waals surface area contributed by atoms with Gasteiger partial charge in [0.1, 0.15) is 0 Å². The van der Waals surface area contributed by atoms with Gasteiger partial charge in [-0.1, -0.05) is 6.08 Å². The Morgan fingerprint density at radius 3 is 2.57 bits per heavy atom. The molecule has 70 valence electrons. The predicted octanol–water partition coefficient (Wildman–Crippen LogP) is 3.79. The topological polar surface area (TPSA) is 17.1 Å². The van der Waals surface area contributed by atoms with Crippen molar-refractivity contribution in [2.24, 2.45) is 0 Å². The number of hydrogen-bond donors (Lipinski definition) is 0. The smallest absolute Gasteiger partial charge is 0.160 e. The average Bonchev–Trinajstić information content (AvgIpc) is 2.86. The first-order valence-corrected chi connectivity index (χ1v) is 5.90. The number of thiophene rings is 2. The van der Waals surface area contributed by atoms with Gasteiger partial charge in [-0.05, 0) is 40.6 Å². The van der Waals surface area contributed by atoms with E-state index in [1.54, 1.807) is 11.3 Å². The van der Waals surface area contributed by atoms with Crippen molar-refractivity contribution in [2.75, 3.05) is 0 Å². The lowest BCUT2D eigenvalue weighted by molar-refractivity contribution is 0.112. The molecule has 0 amide bonds. The minimum atomic E-state index is 0.773. The van der Waals surface area contributed by atoms with Crippen LogP contribution in [-0.4, -0.2) is 6.29 Å². The van der Waals surface area contributed by atoms with Gasteiger partial charge >= 0.3 is 0 Å².